The van der Waals surface area contributed by atoms with Crippen LogP contribution in [0, 0.1) is 23.2 Å². The van der Waals surface area contributed by atoms with Crippen LogP contribution in [-0.2, 0) is 18.9 Å². The van der Waals surface area contributed by atoms with Gasteiger partial charge in [-0.3, -0.25) is 4.79 Å². The van der Waals surface area contributed by atoms with Crippen LogP contribution in [0.3, 0.4) is 0 Å². The van der Waals surface area contributed by atoms with Crippen molar-refractivity contribution < 1.29 is 18.9 Å². The first kappa shape index (κ1) is 25.6. The third-order valence-corrected chi connectivity index (χ3v) is 9.61. The molecular formula is C31H39BN2O4. The van der Waals surface area contributed by atoms with Gasteiger partial charge < -0.3 is 19.5 Å². The lowest BCUT2D eigenvalue weighted by Crippen LogP contribution is -2.65. The van der Waals surface area contributed by atoms with E-state index < -0.39 is 13.2 Å². The van der Waals surface area contributed by atoms with Crippen molar-refractivity contribution in [2.75, 3.05) is 0 Å². The smallest absolute Gasteiger partial charge is 0.404 e. The van der Waals surface area contributed by atoms with Crippen molar-refractivity contribution in [2.45, 2.75) is 84.1 Å². The normalized spacial score (nSPS) is 31.7. The molecule has 6 nitrogen and oxygen atoms in total. The zero-order chi connectivity index (χ0) is 26.7. The number of benzene rings is 2. The molecule has 5 aliphatic rings. The van der Waals surface area contributed by atoms with Crippen molar-refractivity contribution in [1.29, 1.82) is 0 Å². The first-order valence-electron chi connectivity index (χ1n) is 14.2. The van der Waals surface area contributed by atoms with Gasteiger partial charge in [0.05, 0.1) is 23.4 Å². The van der Waals surface area contributed by atoms with Gasteiger partial charge in [0, 0.05) is 12.0 Å². The van der Waals surface area contributed by atoms with Crippen molar-refractivity contribution >= 4 is 18.7 Å². The Morgan fingerprint density at radius 2 is 1.79 bits per heavy atom. The van der Waals surface area contributed by atoms with Gasteiger partial charge in [-0.15, -0.1) is 0 Å². The number of carbonyl (C=O) groups is 1. The first-order valence-corrected chi connectivity index (χ1v) is 14.2. The third kappa shape index (κ3) is 4.38. The fraction of sp³-hybridized carbons (Fsp3) is 0.548. The molecule has 1 unspecified atom stereocenters. The maximum Gasteiger partial charge on any atom is 0.481 e. The lowest BCUT2D eigenvalue weighted by Gasteiger charge is -2.64. The number of carbonyl (C=O) groups excluding carboxylic acids is 1. The van der Waals surface area contributed by atoms with E-state index in [-0.39, 0.29) is 29.0 Å². The number of oxime groups is 1. The van der Waals surface area contributed by atoms with Crippen molar-refractivity contribution in [2.24, 2.45) is 28.3 Å². The van der Waals surface area contributed by atoms with Gasteiger partial charge in [-0.1, -0.05) is 81.4 Å². The Labute approximate surface area is 226 Å². The van der Waals surface area contributed by atoms with Crippen molar-refractivity contribution in [3.8, 4) is 11.1 Å². The number of hydrogen-bond acceptors (Lipinski definition) is 5. The highest BCUT2D eigenvalue weighted by atomic mass is 16.7. The SMILES string of the molecule is CC(C)C[C@H](NC(=O)C1CC(c2cccc(-c3ccccc3)c2)=NO1)B1O[C@@H]2C[C@@H]3C[C@@H](C3(C)C)[C@]2(C)O1. The summed E-state index contributed by atoms with van der Waals surface area (Å²) in [5.41, 5.74) is 4.00. The Morgan fingerprint density at radius 1 is 1.05 bits per heavy atom. The lowest BCUT2D eigenvalue weighted by molar-refractivity contribution is -0.199. The molecule has 7 heteroatoms. The Bertz CT molecular complexity index is 1230. The van der Waals surface area contributed by atoms with Gasteiger partial charge in [-0.25, -0.2) is 0 Å². The highest BCUT2D eigenvalue weighted by Crippen LogP contribution is 2.65. The maximum atomic E-state index is 13.4. The Hall–Kier alpha value is -2.64. The molecule has 0 spiro atoms. The maximum absolute atomic E-state index is 13.4. The fourth-order valence-electron chi connectivity index (χ4n) is 7.29. The van der Waals surface area contributed by atoms with Gasteiger partial charge in [0.2, 0.25) is 6.10 Å². The summed E-state index contributed by atoms with van der Waals surface area (Å²) < 4.78 is 13.2. The van der Waals surface area contributed by atoms with Crippen LogP contribution in [0.1, 0.15) is 65.9 Å². The molecule has 3 saturated carbocycles. The summed E-state index contributed by atoms with van der Waals surface area (Å²) in [5.74, 6) is 1.16. The van der Waals surface area contributed by atoms with Gasteiger partial charge in [0.1, 0.15) is 0 Å². The molecule has 0 aromatic heterocycles. The van der Waals surface area contributed by atoms with Gasteiger partial charge in [0.15, 0.2) is 0 Å². The molecule has 2 aliphatic heterocycles. The minimum Gasteiger partial charge on any atom is -0.404 e. The van der Waals surface area contributed by atoms with E-state index in [2.05, 4.69) is 69.4 Å². The molecule has 3 aliphatic carbocycles. The van der Waals surface area contributed by atoms with Crippen LogP contribution in [0.5, 0.6) is 0 Å². The minimum absolute atomic E-state index is 0.0883. The highest BCUT2D eigenvalue weighted by Gasteiger charge is 2.68. The summed E-state index contributed by atoms with van der Waals surface area (Å²) in [4.78, 5) is 19.1. The molecule has 1 N–H and O–H groups in total. The van der Waals surface area contributed by atoms with Crippen LogP contribution >= 0.6 is 0 Å². The summed E-state index contributed by atoms with van der Waals surface area (Å²) in [7, 11) is -0.448. The van der Waals surface area contributed by atoms with Crippen molar-refractivity contribution in [3.63, 3.8) is 0 Å². The summed E-state index contributed by atoms with van der Waals surface area (Å²) in [6.45, 7) is 11.3. The number of hydrogen-bond donors (Lipinski definition) is 1. The summed E-state index contributed by atoms with van der Waals surface area (Å²) in [6, 6.07) is 18.5. The molecule has 1 amide bonds. The monoisotopic (exact) mass is 514 g/mol. The van der Waals surface area contributed by atoms with Gasteiger partial charge >= 0.3 is 7.12 Å². The number of rotatable bonds is 7. The van der Waals surface area contributed by atoms with Crippen molar-refractivity contribution in [1.82, 2.24) is 5.32 Å². The topological polar surface area (TPSA) is 69.2 Å². The van der Waals surface area contributed by atoms with Gasteiger partial charge in [-0.05, 0) is 66.5 Å². The second-order valence-electron chi connectivity index (χ2n) is 12.9. The van der Waals surface area contributed by atoms with E-state index in [0.29, 0.717) is 24.2 Å². The van der Waals surface area contributed by atoms with E-state index in [1.165, 1.54) is 6.42 Å². The van der Waals surface area contributed by atoms with Crippen LogP contribution < -0.4 is 5.32 Å². The molecular weight excluding hydrogens is 475 g/mol. The Morgan fingerprint density at radius 3 is 2.53 bits per heavy atom. The standard InChI is InChI=1S/C31H39BN2O4/c1-19(2)14-28(32-36-27-17-23-16-26(30(23,3)4)31(27,5)38-32)33-29(35)25-18-24(34-37-25)22-13-9-12-21(15-22)20-10-7-6-8-11-20/h6-13,15,19,23,25-28H,14,16-18H2,1-5H3,(H,33,35)/t23-,25?,26-,27+,28-,31-/m0/s1. The molecule has 2 aromatic carbocycles. The second-order valence-corrected chi connectivity index (χ2v) is 12.9. The molecule has 2 aromatic rings. The molecule has 200 valence electrons. The van der Waals surface area contributed by atoms with E-state index in [9.17, 15) is 4.79 Å². The predicted molar refractivity (Wildman–Crippen MR) is 149 cm³/mol. The first-order chi connectivity index (χ1) is 18.1. The van der Waals surface area contributed by atoms with E-state index in [4.69, 9.17) is 14.1 Å². The quantitative estimate of drug-likeness (QED) is 0.486. The van der Waals surface area contributed by atoms with E-state index >= 15 is 0 Å². The summed E-state index contributed by atoms with van der Waals surface area (Å²) in [5, 5.41) is 7.53. The summed E-state index contributed by atoms with van der Waals surface area (Å²) >= 11 is 0. The van der Waals surface area contributed by atoms with Gasteiger partial charge in [0.25, 0.3) is 5.91 Å². The molecule has 2 bridgehead atoms. The minimum atomic E-state index is -0.661. The highest BCUT2D eigenvalue weighted by molar-refractivity contribution is 6.48. The van der Waals surface area contributed by atoms with E-state index in [1.807, 2.05) is 30.3 Å². The average Bonchev–Trinajstić information content (AvgIpc) is 3.53. The number of nitrogens with one attached hydrogen (secondary N) is 1. The average molecular weight is 514 g/mol. The molecule has 0 radical (unpaired) electrons. The van der Waals surface area contributed by atoms with Crippen molar-refractivity contribution in [3.05, 3.63) is 60.2 Å². The number of nitrogens with zero attached hydrogens (tertiary/aromatic N) is 1. The zero-order valence-corrected chi connectivity index (χ0v) is 23.1. The second kappa shape index (κ2) is 9.53. The van der Waals surface area contributed by atoms with E-state index in [1.54, 1.807) is 0 Å². The molecule has 7 rings (SSSR count). The van der Waals surface area contributed by atoms with Gasteiger partial charge in [-0.2, -0.15) is 0 Å². The van der Waals surface area contributed by atoms with Crippen LogP contribution in [-0.4, -0.2) is 42.5 Å². The zero-order valence-electron chi connectivity index (χ0n) is 23.1. The Balaban J connectivity index is 1.12. The van der Waals surface area contributed by atoms with Crippen LogP contribution in [0.15, 0.2) is 59.8 Å². The predicted octanol–water partition coefficient (Wildman–Crippen LogP) is 5.65. The van der Waals surface area contributed by atoms with E-state index in [0.717, 1.165) is 35.2 Å². The molecule has 6 atom stereocenters. The largest absolute Gasteiger partial charge is 0.481 e. The van der Waals surface area contributed by atoms with Crippen LogP contribution in [0.2, 0.25) is 0 Å². The number of amides is 1. The Kier molecular flexibility index (Phi) is 6.43. The van der Waals surface area contributed by atoms with Crippen LogP contribution in [0.25, 0.3) is 11.1 Å². The molecule has 38 heavy (non-hydrogen) atoms. The molecule has 1 saturated heterocycles. The molecule has 4 fully saturated rings. The molecule has 2 heterocycles. The third-order valence-electron chi connectivity index (χ3n) is 9.61. The fourth-order valence-corrected chi connectivity index (χ4v) is 7.29. The van der Waals surface area contributed by atoms with Crippen LogP contribution in [0.4, 0.5) is 0 Å². The lowest BCUT2D eigenvalue weighted by atomic mass is 9.43. The summed E-state index contributed by atoms with van der Waals surface area (Å²) in [6.07, 6.45) is 2.87.